The van der Waals surface area contributed by atoms with E-state index in [9.17, 15) is 4.79 Å². The molecule has 0 aliphatic rings. The molecule has 0 unspecified atom stereocenters. The molecule has 0 aliphatic carbocycles. The third-order valence-corrected chi connectivity index (χ3v) is 4.44. The molecule has 26 heavy (non-hydrogen) atoms. The maximum absolute atomic E-state index is 12.3. The first kappa shape index (κ1) is 16.5. The molecular formula is C21H16ClNO3. The Hall–Kier alpha value is -2.98. The van der Waals surface area contributed by atoms with Gasteiger partial charge in [0, 0.05) is 5.39 Å². The molecule has 1 amide bonds. The Morgan fingerprint density at radius 1 is 1.00 bits per heavy atom. The zero-order valence-corrected chi connectivity index (χ0v) is 14.6. The Morgan fingerprint density at radius 2 is 1.81 bits per heavy atom. The topological polar surface area (TPSA) is 51.5 Å². The van der Waals surface area contributed by atoms with E-state index in [4.69, 9.17) is 20.8 Å². The highest BCUT2D eigenvalue weighted by molar-refractivity contribution is 6.32. The van der Waals surface area contributed by atoms with E-state index >= 15 is 0 Å². The van der Waals surface area contributed by atoms with Crippen molar-refractivity contribution in [1.82, 2.24) is 5.32 Å². The lowest BCUT2D eigenvalue weighted by Crippen LogP contribution is -2.27. The molecule has 1 heterocycles. The van der Waals surface area contributed by atoms with Crippen molar-refractivity contribution in [3.63, 3.8) is 0 Å². The third-order valence-electron chi connectivity index (χ3n) is 4.13. The second kappa shape index (κ2) is 7.10. The fourth-order valence-corrected chi connectivity index (χ4v) is 3.07. The largest absolute Gasteiger partial charge is 0.490 e. The molecule has 4 nitrogen and oxygen atoms in total. The number of fused-ring (bicyclic) bond motifs is 3. The minimum absolute atomic E-state index is 0.270. The number of para-hydroxylation sites is 1. The van der Waals surface area contributed by atoms with Crippen molar-refractivity contribution in [2.45, 2.75) is 0 Å². The van der Waals surface area contributed by atoms with Crippen LogP contribution in [0.2, 0.25) is 5.02 Å². The minimum atomic E-state index is -0.270. The SMILES string of the molecule is O=C(NCCOc1ccccc1Cl)c1cc2c(ccc3ccccc32)o1. The van der Waals surface area contributed by atoms with Gasteiger partial charge in [0.25, 0.3) is 5.91 Å². The first-order chi connectivity index (χ1) is 12.7. The van der Waals surface area contributed by atoms with Crippen LogP contribution in [0.3, 0.4) is 0 Å². The van der Waals surface area contributed by atoms with Gasteiger partial charge in [0.05, 0.1) is 11.6 Å². The van der Waals surface area contributed by atoms with Crippen molar-refractivity contribution >= 4 is 39.2 Å². The zero-order valence-electron chi connectivity index (χ0n) is 13.9. The molecule has 130 valence electrons. The van der Waals surface area contributed by atoms with Crippen molar-refractivity contribution < 1.29 is 13.9 Å². The highest BCUT2D eigenvalue weighted by Gasteiger charge is 2.13. The molecule has 1 aromatic heterocycles. The van der Waals surface area contributed by atoms with Gasteiger partial charge in [-0.15, -0.1) is 0 Å². The molecule has 0 fully saturated rings. The van der Waals surface area contributed by atoms with Crippen LogP contribution in [-0.4, -0.2) is 19.1 Å². The Morgan fingerprint density at radius 3 is 2.69 bits per heavy atom. The van der Waals surface area contributed by atoms with Gasteiger partial charge in [-0.3, -0.25) is 4.79 Å². The second-order valence-corrected chi connectivity index (χ2v) is 6.25. The molecule has 3 aromatic carbocycles. The first-order valence-electron chi connectivity index (χ1n) is 8.29. The monoisotopic (exact) mass is 365 g/mol. The molecule has 0 bridgehead atoms. The lowest BCUT2D eigenvalue weighted by atomic mass is 10.1. The van der Waals surface area contributed by atoms with Crippen molar-refractivity contribution in [3.05, 3.63) is 77.5 Å². The number of carbonyl (C=O) groups excluding carboxylic acids is 1. The first-order valence-corrected chi connectivity index (χ1v) is 8.67. The number of nitrogens with one attached hydrogen (secondary N) is 1. The maximum atomic E-state index is 12.3. The maximum Gasteiger partial charge on any atom is 0.287 e. The number of furan rings is 1. The number of hydrogen-bond acceptors (Lipinski definition) is 3. The Labute approximate surface area is 155 Å². The molecule has 0 atom stereocenters. The summed E-state index contributed by atoms with van der Waals surface area (Å²) in [6.45, 7) is 0.667. The lowest BCUT2D eigenvalue weighted by molar-refractivity contribution is 0.0921. The predicted molar refractivity (Wildman–Crippen MR) is 103 cm³/mol. The number of benzene rings is 3. The Bertz CT molecular complexity index is 1090. The summed E-state index contributed by atoms with van der Waals surface area (Å²) in [4.78, 5) is 12.3. The highest BCUT2D eigenvalue weighted by atomic mass is 35.5. The average Bonchev–Trinajstić information content (AvgIpc) is 3.11. The van der Waals surface area contributed by atoms with E-state index in [0.717, 1.165) is 16.2 Å². The van der Waals surface area contributed by atoms with Gasteiger partial charge in [-0.05, 0) is 35.0 Å². The van der Waals surface area contributed by atoms with Crippen molar-refractivity contribution in [2.24, 2.45) is 0 Å². The quantitative estimate of drug-likeness (QED) is 0.503. The Kier molecular flexibility index (Phi) is 4.50. The second-order valence-electron chi connectivity index (χ2n) is 5.84. The summed E-state index contributed by atoms with van der Waals surface area (Å²) in [6.07, 6.45) is 0. The van der Waals surface area contributed by atoms with Crippen LogP contribution in [0.1, 0.15) is 10.6 Å². The van der Waals surface area contributed by atoms with E-state index in [2.05, 4.69) is 5.32 Å². The fourth-order valence-electron chi connectivity index (χ4n) is 2.88. The van der Waals surface area contributed by atoms with Crippen LogP contribution >= 0.6 is 11.6 Å². The molecule has 0 aliphatic heterocycles. The summed E-state index contributed by atoms with van der Waals surface area (Å²) in [7, 11) is 0. The summed E-state index contributed by atoms with van der Waals surface area (Å²) < 4.78 is 11.3. The highest BCUT2D eigenvalue weighted by Crippen LogP contribution is 2.28. The number of hydrogen-bond donors (Lipinski definition) is 1. The van der Waals surface area contributed by atoms with Crippen molar-refractivity contribution in [2.75, 3.05) is 13.2 Å². The molecule has 0 saturated heterocycles. The fraction of sp³-hybridized carbons (Fsp3) is 0.0952. The van der Waals surface area contributed by atoms with Crippen LogP contribution < -0.4 is 10.1 Å². The summed E-state index contributed by atoms with van der Waals surface area (Å²) >= 11 is 6.03. The van der Waals surface area contributed by atoms with E-state index in [1.54, 1.807) is 18.2 Å². The van der Waals surface area contributed by atoms with Crippen LogP contribution in [0.5, 0.6) is 5.75 Å². The van der Waals surface area contributed by atoms with Gasteiger partial charge in [0.1, 0.15) is 17.9 Å². The summed E-state index contributed by atoms with van der Waals surface area (Å²) in [5, 5.41) is 6.45. The lowest BCUT2D eigenvalue weighted by Gasteiger charge is -2.08. The van der Waals surface area contributed by atoms with Crippen molar-refractivity contribution in [1.29, 1.82) is 0 Å². The molecule has 4 rings (SSSR count). The van der Waals surface area contributed by atoms with E-state index < -0.39 is 0 Å². The van der Waals surface area contributed by atoms with E-state index in [-0.39, 0.29) is 11.7 Å². The van der Waals surface area contributed by atoms with Crippen LogP contribution in [0.4, 0.5) is 0 Å². The van der Waals surface area contributed by atoms with E-state index in [0.29, 0.717) is 29.5 Å². The van der Waals surface area contributed by atoms with Gasteiger partial charge < -0.3 is 14.5 Å². The Balaban J connectivity index is 1.43. The zero-order chi connectivity index (χ0) is 17.9. The molecule has 4 aromatic rings. The number of ether oxygens (including phenoxy) is 1. The van der Waals surface area contributed by atoms with E-state index in [1.165, 1.54) is 0 Å². The van der Waals surface area contributed by atoms with Crippen LogP contribution in [-0.2, 0) is 0 Å². The number of halogens is 1. The smallest absolute Gasteiger partial charge is 0.287 e. The number of amides is 1. The molecular weight excluding hydrogens is 350 g/mol. The predicted octanol–water partition coefficient (Wildman–Crippen LogP) is 5.05. The molecule has 0 spiro atoms. The van der Waals surface area contributed by atoms with Gasteiger partial charge in [0.2, 0.25) is 0 Å². The van der Waals surface area contributed by atoms with E-state index in [1.807, 2.05) is 48.5 Å². The normalized spacial score (nSPS) is 11.0. The standard InChI is InChI=1S/C21H16ClNO3/c22-17-7-3-4-8-19(17)25-12-11-23-21(24)20-13-16-15-6-2-1-5-14(15)9-10-18(16)26-20/h1-10,13H,11-12H2,(H,23,24). The summed E-state index contributed by atoms with van der Waals surface area (Å²) in [6, 6.07) is 20.9. The van der Waals surface area contributed by atoms with Gasteiger partial charge >= 0.3 is 0 Å². The van der Waals surface area contributed by atoms with Crippen LogP contribution in [0, 0.1) is 0 Å². The molecule has 0 radical (unpaired) electrons. The summed E-state index contributed by atoms with van der Waals surface area (Å²) in [5.74, 6) is 0.612. The van der Waals surface area contributed by atoms with Crippen LogP contribution in [0.25, 0.3) is 21.7 Å². The molecule has 5 heteroatoms. The van der Waals surface area contributed by atoms with Gasteiger partial charge in [0.15, 0.2) is 5.76 Å². The summed E-state index contributed by atoms with van der Waals surface area (Å²) in [5.41, 5.74) is 0.696. The minimum Gasteiger partial charge on any atom is -0.490 e. The number of rotatable bonds is 5. The average molecular weight is 366 g/mol. The van der Waals surface area contributed by atoms with Crippen molar-refractivity contribution in [3.8, 4) is 5.75 Å². The van der Waals surface area contributed by atoms with Gasteiger partial charge in [-0.25, -0.2) is 0 Å². The van der Waals surface area contributed by atoms with Gasteiger partial charge in [-0.1, -0.05) is 54.1 Å². The molecule has 1 N–H and O–H groups in total. The van der Waals surface area contributed by atoms with Crippen LogP contribution in [0.15, 0.2) is 71.1 Å². The van der Waals surface area contributed by atoms with Gasteiger partial charge in [-0.2, -0.15) is 0 Å². The third kappa shape index (κ3) is 3.24. The molecule has 0 saturated carbocycles. The number of carbonyl (C=O) groups is 1.